The Morgan fingerprint density at radius 1 is 1.06 bits per heavy atom. The van der Waals surface area contributed by atoms with Gasteiger partial charge in [0.15, 0.2) is 27.9 Å². The van der Waals surface area contributed by atoms with Gasteiger partial charge in [-0.3, -0.25) is 9.47 Å². The molecule has 5 rings (SSSR count). The molecule has 34 heavy (non-hydrogen) atoms. The molecule has 0 saturated heterocycles. The average molecular weight is 477 g/mol. The molecule has 1 aliphatic rings. The normalized spacial score (nSPS) is 15.8. The second-order valence-corrected chi connectivity index (χ2v) is 8.62. The molecule has 0 saturated carbocycles. The predicted molar refractivity (Wildman–Crippen MR) is 133 cm³/mol. The van der Waals surface area contributed by atoms with E-state index in [2.05, 4.69) is 48.2 Å². The van der Waals surface area contributed by atoms with Crippen LogP contribution in [0.3, 0.4) is 0 Å². The van der Waals surface area contributed by atoms with Gasteiger partial charge in [0.05, 0.1) is 33.2 Å². The van der Waals surface area contributed by atoms with Crippen LogP contribution in [-0.4, -0.2) is 40.0 Å². The molecule has 0 radical (unpaired) electrons. The van der Waals surface area contributed by atoms with Crippen LogP contribution >= 0.6 is 12.2 Å². The summed E-state index contributed by atoms with van der Waals surface area (Å²) < 4.78 is 21.4. The van der Waals surface area contributed by atoms with Crippen molar-refractivity contribution < 1.29 is 13.9 Å². The number of rotatable bonds is 7. The van der Waals surface area contributed by atoms with Crippen LogP contribution in [0.5, 0.6) is 11.5 Å². The number of benzene rings is 2. The fourth-order valence-corrected chi connectivity index (χ4v) is 5.07. The Labute approximate surface area is 204 Å². The van der Waals surface area contributed by atoms with E-state index in [4.69, 9.17) is 31.2 Å². The molecule has 0 spiro atoms. The highest BCUT2D eigenvalue weighted by atomic mass is 32.1. The molecule has 0 N–H and O–H groups in total. The predicted octanol–water partition coefficient (Wildman–Crippen LogP) is 5.32. The van der Waals surface area contributed by atoms with E-state index in [1.54, 1.807) is 20.5 Å². The molecule has 0 bridgehead atoms. The Morgan fingerprint density at radius 2 is 1.82 bits per heavy atom. The minimum atomic E-state index is 0.0329. The Kier molecular flexibility index (Phi) is 6.26. The molecule has 1 unspecified atom stereocenters. The third kappa shape index (κ3) is 3.93. The maximum absolute atomic E-state index is 5.82. The van der Waals surface area contributed by atoms with Gasteiger partial charge in [0, 0.05) is 13.1 Å². The third-order valence-electron chi connectivity index (χ3n) is 6.38. The zero-order valence-corrected chi connectivity index (χ0v) is 20.4. The summed E-state index contributed by atoms with van der Waals surface area (Å²) in [6, 6.07) is 18.6. The van der Waals surface area contributed by atoms with Crippen molar-refractivity contribution in [2.75, 3.05) is 20.8 Å². The maximum atomic E-state index is 5.82. The van der Waals surface area contributed by atoms with Gasteiger partial charge in [0.25, 0.3) is 0 Å². The zero-order valence-electron chi connectivity index (χ0n) is 19.6. The zero-order chi connectivity index (χ0) is 23.7. The highest BCUT2D eigenvalue weighted by Crippen LogP contribution is 2.41. The van der Waals surface area contributed by atoms with Crippen LogP contribution in [0.1, 0.15) is 29.7 Å². The topological polar surface area (TPSA) is 57.6 Å². The minimum absolute atomic E-state index is 0.0329. The van der Waals surface area contributed by atoms with E-state index in [1.807, 2.05) is 27.4 Å². The summed E-state index contributed by atoms with van der Waals surface area (Å²) in [4.78, 5) is 2.41. The SMILES string of the molecule is CCn1c(-c2ccco2)nn(CN2CCc3cc(OC)c(OC)cc3C2c2ccccc2)c1=S. The molecule has 2 aromatic carbocycles. The van der Waals surface area contributed by atoms with Crippen molar-refractivity contribution in [3.63, 3.8) is 0 Å². The number of hydrogen-bond donors (Lipinski definition) is 0. The monoisotopic (exact) mass is 476 g/mol. The van der Waals surface area contributed by atoms with Crippen molar-refractivity contribution in [2.45, 2.75) is 32.6 Å². The van der Waals surface area contributed by atoms with Gasteiger partial charge >= 0.3 is 0 Å². The van der Waals surface area contributed by atoms with Gasteiger partial charge in [-0.2, -0.15) is 0 Å². The second kappa shape index (κ2) is 9.48. The van der Waals surface area contributed by atoms with Crippen molar-refractivity contribution in [1.82, 2.24) is 19.2 Å². The largest absolute Gasteiger partial charge is 0.493 e. The van der Waals surface area contributed by atoms with Crippen molar-refractivity contribution in [2.24, 2.45) is 0 Å². The van der Waals surface area contributed by atoms with Gasteiger partial charge in [-0.1, -0.05) is 30.3 Å². The van der Waals surface area contributed by atoms with Crippen molar-refractivity contribution in [1.29, 1.82) is 0 Å². The third-order valence-corrected chi connectivity index (χ3v) is 6.82. The number of aromatic nitrogens is 3. The van der Waals surface area contributed by atoms with Crippen LogP contribution < -0.4 is 9.47 Å². The van der Waals surface area contributed by atoms with Gasteiger partial charge in [-0.25, -0.2) is 4.68 Å². The van der Waals surface area contributed by atoms with Gasteiger partial charge in [-0.15, -0.1) is 5.10 Å². The minimum Gasteiger partial charge on any atom is -0.493 e. The molecule has 2 aromatic heterocycles. The number of hydrogen-bond acceptors (Lipinski definition) is 6. The second-order valence-electron chi connectivity index (χ2n) is 8.25. The average Bonchev–Trinajstić information content (AvgIpc) is 3.51. The highest BCUT2D eigenvalue weighted by molar-refractivity contribution is 7.71. The molecule has 8 heteroatoms. The smallest absolute Gasteiger partial charge is 0.199 e. The number of methoxy groups -OCH3 is 2. The van der Waals surface area contributed by atoms with E-state index < -0.39 is 0 Å². The van der Waals surface area contributed by atoms with E-state index in [0.717, 1.165) is 36.8 Å². The number of nitrogens with zero attached hydrogens (tertiary/aromatic N) is 4. The van der Waals surface area contributed by atoms with Gasteiger partial charge < -0.3 is 13.9 Å². The van der Waals surface area contributed by atoms with Gasteiger partial charge in [0.1, 0.15) is 0 Å². The lowest BCUT2D eigenvalue weighted by Crippen LogP contribution is -2.37. The van der Waals surface area contributed by atoms with E-state index >= 15 is 0 Å². The van der Waals surface area contributed by atoms with Crippen molar-refractivity contribution in [3.05, 3.63) is 82.3 Å². The van der Waals surface area contributed by atoms with Crippen LogP contribution in [-0.2, 0) is 19.6 Å². The molecule has 1 aliphatic heterocycles. The Balaban J connectivity index is 1.58. The Hall–Kier alpha value is -3.36. The number of fused-ring (bicyclic) bond motifs is 1. The lowest BCUT2D eigenvalue weighted by atomic mass is 9.88. The van der Waals surface area contributed by atoms with E-state index in [9.17, 15) is 0 Å². The summed E-state index contributed by atoms with van der Waals surface area (Å²) in [6.45, 7) is 4.21. The molecule has 0 fully saturated rings. The fourth-order valence-electron chi connectivity index (χ4n) is 4.75. The molecular weight excluding hydrogens is 448 g/mol. The van der Waals surface area contributed by atoms with Gasteiger partial charge in [-0.05, 0) is 66.5 Å². The summed E-state index contributed by atoms with van der Waals surface area (Å²) in [5.41, 5.74) is 3.69. The first-order chi connectivity index (χ1) is 16.6. The standard InChI is InChI=1S/C26H28N4O3S/c1-4-29-25(21-11-8-14-33-21)27-30(26(29)34)17-28-13-12-19-15-22(31-2)23(32-3)16-20(19)24(28)18-9-6-5-7-10-18/h5-11,14-16,24H,4,12-13,17H2,1-3H3. The molecule has 0 amide bonds. The summed E-state index contributed by atoms with van der Waals surface area (Å²) in [5.74, 6) is 2.95. The first-order valence-corrected chi connectivity index (χ1v) is 11.8. The summed E-state index contributed by atoms with van der Waals surface area (Å²) in [6.07, 6.45) is 2.55. The van der Waals surface area contributed by atoms with Gasteiger partial charge in [0.2, 0.25) is 0 Å². The van der Waals surface area contributed by atoms with Crippen LogP contribution in [0.4, 0.5) is 0 Å². The Bertz CT molecular complexity index is 1330. The van der Waals surface area contributed by atoms with E-state index in [1.165, 1.54) is 16.7 Å². The number of ether oxygens (including phenoxy) is 2. The molecule has 1 atom stereocenters. The molecule has 4 aromatic rings. The molecule has 176 valence electrons. The van der Waals surface area contributed by atoms with Crippen molar-refractivity contribution in [3.8, 4) is 23.1 Å². The lowest BCUT2D eigenvalue weighted by molar-refractivity contribution is 0.154. The summed E-state index contributed by atoms with van der Waals surface area (Å²) >= 11 is 5.82. The number of furan rings is 1. The summed E-state index contributed by atoms with van der Waals surface area (Å²) in [7, 11) is 3.35. The van der Waals surface area contributed by atoms with E-state index in [0.29, 0.717) is 17.2 Å². The first-order valence-electron chi connectivity index (χ1n) is 11.4. The molecule has 3 heterocycles. The highest BCUT2D eigenvalue weighted by Gasteiger charge is 2.31. The first kappa shape index (κ1) is 22.4. The van der Waals surface area contributed by atoms with Crippen molar-refractivity contribution >= 4 is 12.2 Å². The molecule has 7 nitrogen and oxygen atoms in total. The van der Waals surface area contributed by atoms with Crippen LogP contribution in [0.25, 0.3) is 11.6 Å². The van der Waals surface area contributed by atoms with E-state index in [-0.39, 0.29) is 6.04 Å². The maximum Gasteiger partial charge on any atom is 0.199 e. The summed E-state index contributed by atoms with van der Waals surface area (Å²) in [5, 5.41) is 4.86. The Morgan fingerprint density at radius 3 is 2.50 bits per heavy atom. The lowest BCUT2D eigenvalue weighted by Gasteiger charge is -2.37. The fraction of sp³-hybridized carbons (Fsp3) is 0.308. The quantitative estimate of drug-likeness (QED) is 0.337. The van der Waals surface area contributed by atoms with Crippen LogP contribution in [0.2, 0.25) is 0 Å². The molecular formula is C26H28N4O3S. The molecule has 0 aliphatic carbocycles. The van der Waals surface area contributed by atoms with Crippen LogP contribution in [0.15, 0.2) is 65.3 Å². The van der Waals surface area contributed by atoms with Crippen LogP contribution in [0, 0.1) is 4.77 Å².